The van der Waals surface area contributed by atoms with Gasteiger partial charge in [-0.05, 0) is 28.1 Å². The smallest absolute Gasteiger partial charge is 0.198 e. The van der Waals surface area contributed by atoms with E-state index in [0.717, 1.165) is 10.5 Å². The lowest BCUT2D eigenvalue weighted by Gasteiger charge is -2.22. The maximum Gasteiger partial charge on any atom is 0.198 e. The molecule has 0 bridgehead atoms. The molecule has 1 unspecified atom stereocenters. The van der Waals surface area contributed by atoms with Gasteiger partial charge in [-0.2, -0.15) is 0 Å². The fourth-order valence-corrected chi connectivity index (χ4v) is 4.56. The molecule has 0 saturated heterocycles. The van der Waals surface area contributed by atoms with Gasteiger partial charge < -0.3 is 15.3 Å². The van der Waals surface area contributed by atoms with Crippen molar-refractivity contribution in [2.45, 2.75) is 6.10 Å². The van der Waals surface area contributed by atoms with Crippen LogP contribution in [0.3, 0.4) is 0 Å². The molecule has 2 aromatic carbocycles. The zero-order chi connectivity index (χ0) is 18.6. The number of carbonyl (C=O) groups excluding carboxylic acids is 2. The van der Waals surface area contributed by atoms with E-state index in [9.17, 15) is 24.9 Å². The van der Waals surface area contributed by atoms with E-state index < -0.39 is 29.2 Å². The number of hydrogen-bond donors (Lipinski definition) is 3. The van der Waals surface area contributed by atoms with Crippen LogP contribution in [-0.2, 0) is 0 Å². The molecule has 7 heteroatoms. The summed E-state index contributed by atoms with van der Waals surface area (Å²) >= 11 is 4.54. The van der Waals surface area contributed by atoms with Crippen molar-refractivity contribution in [2.24, 2.45) is 0 Å². The second-order valence-electron chi connectivity index (χ2n) is 5.86. The number of phenolic OH excluding ortho intramolecular Hbond substituents is 2. The Bertz CT molecular complexity index is 1090. The fraction of sp³-hybridized carbons (Fsp3) is 0.0526. The highest BCUT2D eigenvalue weighted by atomic mass is 79.9. The van der Waals surface area contributed by atoms with Crippen LogP contribution in [0.4, 0.5) is 0 Å². The predicted molar refractivity (Wildman–Crippen MR) is 99.2 cm³/mol. The molecule has 130 valence electrons. The Balaban J connectivity index is 1.94. The first kappa shape index (κ1) is 17.0. The van der Waals surface area contributed by atoms with Gasteiger partial charge in [0.25, 0.3) is 0 Å². The first-order chi connectivity index (χ1) is 12.4. The van der Waals surface area contributed by atoms with Gasteiger partial charge in [-0.1, -0.05) is 24.3 Å². The number of aliphatic hydroxyl groups excluding tert-OH is 1. The molecule has 3 N–H and O–H groups in total. The van der Waals surface area contributed by atoms with Crippen molar-refractivity contribution in [3.05, 3.63) is 78.9 Å². The Morgan fingerprint density at radius 2 is 1.58 bits per heavy atom. The first-order valence-electron chi connectivity index (χ1n) is 7.59. The van der Waals surface area contributed by atoms with E-state index in [1.165, 1.54) is 23.5 Å². The molecule has 1 heterocycles. The number of carbonyl (C=O) groups is 2. The summed E-state index contributed by atoms with van der Waals surface area (Å²) in [5, 5.41) is 33.4. The number of rotatable bonds is 2. The highest BCUT2D eigenvalue weighted by Crippen LogP contribution is 2.44. The van der Waals surface area contributed by atoms with Gasteiger partial charge in [0.1, 0.15) is 17.6 Å². The molecule has 1 aliphatic carbocycles. The number of halogens is 1. The number of benzene rings is 2. The van der Waals surface area contributed by atoms with Crippen LogP contribution >= 0.6 is 27.3 Å². The summed E-state index contributed by atoms with van der Waals surface area (Å²) in [4.78, 5) is 26.0. The molecule has 3 aromatic rings. The third kappa shape index (κ3) is 2.39. The van der Waals surface area contributed by atoms with Crippen LogP contribution in [0.1, 0.15) is 48.4 Å². The fourth-order valence-electron chi connectivity index (χ4n) is 3.11. The number of ketones is 2. The average molecular weight is 431 g/mol. The van der Waals surface area contributed by atoms with Crippen LogP contribution in [-0.4, -0.2) is 26.9 Å². The summed E-state index contributed by atoms with van der Waals surface area (Å²) in [7, 11) is 0. The Morgan fingerprint density at radius 3 is 2.15 bits per heavy atom. The maximum absolute atomic E-state index is 12.8. The second-order valence-corrected chi connectivity index (χ2v) is 7.72. The largest absolute Gasteiger partial charge is 0.507 e. The molecular formula is C19H11BrO5S. The van der Waals surface area contributed by atoms with Crippen molar-refractivity contribution in [1.82, 2.24) is 0 Å². The molecule has 1 aromatic heterocycles. The summed E-state index contributed by atoms with van der Waals surface area (Å²) in [6, 6.07) is 9.04. The molecule has 4 rings (SSSR count). The van der Waals surface area contributed by atoms with E-state index >= 15 is 0 Å². The molecular weight excluding hydrogens is 420 g/mol. The zero-order valence-corrected chi connectivity index (χ0v) is 15.5. The summed E-state index contributed by atoms with van der Waals surface area (Å²) in [5.41, 5.74) is -0.218. The lowest BCUT2D eigenvalue weighted by Crippen LogP contribution is -2.22. The minimum absolute atomic E-state index is 0.0314. The predicted octanol–water partition coefficient (Wildman–Crippen LogP) is 3.78. The molecule has 0 aliphatic heterocycles. The Kier molecular flexibility index (Phi) is 3.95. The molecule has 5 nitrogen and oxygen atoms in total. The highest BCUT2D eigenvalue weighted by Gasteiger charge is 2.36. The van der Waals surface area contributed by atoms with Crippen molar-refractivity contribution in [2.75, 3.05) is 0 Å². The molecule has 26 heavy (non-hydrogen) atoms. The van der Waals surface area contributed by atoms with Crippen LogP contribution in [0.15, 0.2) is 46.3 Å². The number of hydrogen-bond acceptors (Lipinski definition) is 6. The maximum atomic E-state index is 12.8. The van der Waals surface area contributed by atoms with Gasteiger partial charge in [-0.25, -0.2) is 0 Å². The van der Waals surface area contributed by atoms with Crippen LogP contribution in [0.5, 0.6) is 11.5 Å². The quantitative estimate of drug-likeness (QED) is 0.420. The van der Waals surface area contributed by atoms with Gasteiger partial charge in [0, 0.05) is 31.4 Å². The zero-order valence-electron chi connectivity index (χ0n) is 13.1. The van der Waals surface area contributed by atoms with Gasteiger partial charge in [-0.3, -0.25) is 9.59 Å². The van der Waals surface area contributed by atoms with E-state index in [1.807, 2.05) is 0 Å². The second kappa shape index (κ2) is 6.05. The summed E-state index contributed by atoms with van der Waals surface area (Å²) in [6.07, 6.45) is -1.25. The first-order valence-corrected chi connectivity index (χ1v) is 9.26. The molecule has 0 spiro atoms. The SMILES string of the molecule is O=C1c2ccccc2C(=O)c2c(O)c(C(O)c3cc(Br)cs3)cc(O)c21. The summed E-state index contributed by atoms with van der Waals surface area (Å²) in [6.45, 7) is 0. The number of fused-ring (bicyclic) bond motifs is 2. The Hall–Kier alpha value is -2.48. The van der Waals surface area contributed by atoms with Crippen LogP contribution in [0.2, 0.25) is 0 Å². The molecule has 0 saturated carbocycles. The van der Waals surface area contributed by atoms with Crippen molar-refractivity contribution >= 4 is 38.8 Å². The lowest BCUT2D eigenvalue weighted by molar-refractivity contribution is 0.0973. The van der Waals surface area contributed by atoms with Gasteiger partial charge >= 0.3 is 0 Å². The van der Waals surface area contributed by atoms with Crippen LogP contribution < -0.4 is 0 Å². The van der Waals surface area contributed by atoms with Crippen molar-refractivity contribution in [3.8, 4) is 11.5 Å². The van der Waals surface area contributed by atoms with E-state index in [2.05, 4.69) is 15.9 Å². The number of aromatic hydroxyl groups is 2. The topological polar surface area (TPSA) is 94.8 Å². The van der Waals surface area contributed by atoms with Crippen LogP contribution in [0.25, 0.3) is 0 Å². The monoisotopic (exact) mass is 430 g/mol. The Labute approximate surface area is 160 Å². The van der Waals surface area contributed by atoms with E-state index in [4.69, 9.17) is 0 Å². The average Bonchev–Trinajstić information content (AvgIpc) is 3.07. The minimum atomic E-state index is -1.25. The standard InChI is InChI=1S/C19H11BrO5S/c20-8-5-13(26-7-8)16(22)11-6-12(21)14-15(19(11)25)18(24)10-4-2-1-3-9(10)17(14)23/h1-7,16,21-22,25H. The molecule has 1 atom stereocenters. The van der Waals surface area contributed by atoms with Crippen molar-refractivity contribution in [1.29, 1.82) is 0 Å². The van der Waals surface area contributed by atoms with Crippen LogP contribution in [0, 0.1) is 0 Å². The van der Waals surface area contributed by atoms with E-state index in [1.54, 1.807) is 23.6 Å². The summed E-state index contributed by atoms with van der Waals surface area (Å²) < 4.78 is 0.762. The van der Waals surface area contributed by atoms with Gasteiger partial charge in [-0.15, -0.1) is 11.3 Å². The number of thiophene rings is 1. The lowest BCUT2D eigenvalue weighted by atomic mass is 9.81. The van der Waals surface area contributed by atoms with E-state index in [0.29, 0.717) is 4.88 Å². The molecule has 0 fully saturated rings. The van der Waals surface area contributed by atoms with Crippen molar-refractivity contribution < 1.29 is 24.9 Å². The van der Waals surface area contributed by atoms with E-state index in [-0.39, 0.29) is 27.8 Å². The van der Waals surface area contributed by atoms with Gasteiger partial charge in [0.05, 0.1) is 11.1 Å². The molecule has 1 aliphatic rings. The van der Waals surface area contributed by atoms with Gasteiger partial charge in [0.2, 0.25) is 0 Å². The number of aliphatic hydroxyl groups is 1. The third-order valence-corrected chi connectivity index (χ3v) is 6.08. The third-order valence-electron chi connectivity index (χ3n) is 4.33. The van der Waals surface area contributed by atoms with Gasteiger partial charge in [0.15, 0.2) is 11.6 Å². The number of phenols is 2. The summed E-state index contributed by atoms with van der Waals surface area (Å²) in [5.74, 6) is -2.05. The Morgan fingerprint density at radius 1 is 0.962 bits per heavy atom. The molecule has 0 amide bonds. The molecule has 0 radical (unpaired) electrons. The van der Waals surface area contributed by atoms with Crippen molar-refractivity contribution in [3.63, 3.8) is 0 Å². The minimum Gasteiger partial charge on any atom is -0.507 e. The highest BCUT2D eigenvalue weighted by molar-refractivity contribution is 9.10. The normalized spacial score (nSPS) is 14.1.